The summed E-state index contributed by atoms with van der Waals surface area (Å²) in [5, 5.41) is 33.9. The lowest BCUT2D eigenvalue weighted by atomic mass is 9.76. The first-order valence-corrected chi connectivity index (χ1v) is 20.7. The number of hydrogen-bond acceptors (Lipinski definition) is 9. The second kappa shape index (κ2) is 19.0. The Kier molecular flexibility index (Phi) is 15.5. The van der Waals surface area contributed by atoms with E-state index >= 15 is 0 Å². The number of ketones is 2. The number of fused-ring (bicyclic) bond motifs is 3. The third kappa shape index (κ3) is 10.4. The minimum atomic E-state index is -2.34. The molecule has 1 aliphatic carbocycles. The molecule has 3 heterocycles. The number of aliphatic hydroxyl groups is 3. The first-order chi connectivity index (χ1) is 25.4. The molecule has 3 fully saturated rings. The maximum atomic E-state index is 14.2. The van der Waals surface area contributed by atoms with Gasteiger partial charge < -0.3 is 29.7 Å². The van der Waals surface area contributed by atoms with Crippen molar-refractivity contribution in [1.29, 1.82) is 0 Å². The predicted octanol–water partition coefficient (Wildman–Crippen LogP) is 6.50. The molecule has 0 aromatic rings. The van der Waals surface area contributed by atoms with Crippen molar-refractivity contribution in [2.75, 3.05) is 6.54 Å². The van der Waals surface area contributed by atoms with E-state index in [9.17, 15) is 34.5 Å². The van der Waals surface area contributed by atoms with Crippen LogP contribution < -0.4 is 0 Å². The molecule has 1 amide bonds. The molecule has 14 atom stereocenters. The van der Waals surface area contributed by atoms with Crippen LogP contribution in [0.25, 0.3) is 0 Å². The van der Waals surface area contributed by atoms with Gasteiger partial charge in [-0.3, -0.25) is 14.4 Å². The highest BCUT2D eigenvalue weighted by Gasteiger charge is 2.55. The third-order valence-corrected chi connectivity index (χ3v) is 13.0. The quantitative estimate of drug-likeness (QED) is 0.166. The van der Waals surface area contributed by atoms with Crippen molar-refractivity contribution < 1.29 is 44.0 Å². The number of rotatable bonds is 4. The number of esters is 1. The van der Waals surface area contributed by atoms with Gasteiger partial charge in [0.05, 0.1) is 18.3 Å². The lowest BCUT2D eigenvalue weighted by Gasteiger charge is -2.46. The third-order valence-electron chi connectivity index (χ3n) is 13.0. The second-order valence-electron chi connectivity index (χ2n) is 17.9. The lowest BCUT2D eigenvalue weighted by molar-refractivity contribution is -0.282. The van der Waals surface area contributed by atoms with Gasteiger partial charge in [0.25, 0.3) is 11.7 Å². The summed E-state index contributed by atoms with van der Waals surface area (Å²) >= 11 is 0. The van der Waals surface area contributed by atoms with E-state index in [0.29, 0.717) is 32.1 Å². The number of amides is 1. The highest BCUT2D eigenvalue weighted by molar-refractivity contribution is 6.39. The highest BCUT2D eigenvalue weighted by Crippen LogP contribution is 2.42. The molecular weight excluding hydrogens is 686 g/mol. The first kappa shape index (κ1) is 44.1. The molecule has 3 N–H and O–H groups in total. The van der Waals surface area contributed by atoms with Gasteiger partial charge in [0.15, 0.2) is 0 Å². The van der Waals surface area contributed by atoms with Gasteiger partial charge in [0.2, 0.25) is 5.79 Å². The summed E-state index contributed by atoms with van der Waals surface area (Å²) in [5.74, 6) is -6.57. The van der Waals surface area contributed by atoms with E-state index in [2.05, 4.69) is 19.6 Å². The van der Waals surface area contributed by atoms with Crippen LogP contribution in [0.2, 0.25) is 0 Å². The SMILES string of the molecule is C=CC[C@@H]1/C=C(\C)C[C@H](C)C[C@H](C)[C@H]2O[C@@](O)(C(=O)C(=O)N3CCCC[C@H]3C(=O)O[C@H](/C(C)=C/[C@@H]3CC[C@@H](O)[C@H](C)C3)[C@H](C)[C@@H](O)CC1=O)[C@H](C)C[C@@H]2C. The number of carbonyl (C=O) groups excluding carboxylic acids is 4. The van der Waals surface area contributed by atoms with Gasteiger partial charge in [-0.2, -0.15) is 0 Å². The number of ether oxygens (including phenoxy) is 2. The Bertz CT molecular complexity index is 1420. The van der Waals surface area contributed by atoms with Gasteiger partial charge in [-0.15, -0.1) is 6.58 Å². The molecule has 0 spiro atoms. The summed E-state index contributed by atoms with van der Waals surface area (Å²) in [4.78, 5) is 57.5. The summed E-state index contributed by atoms with van der Waals surface area (Å²) in [5.41, 5.74) is 1.76. The van der Waals surface area contributed by atoms with E-state index in [1.807, 2.05) is 40.7 Å². The van der Waals surface area contributed by atoms with Crippen molar-refractivity contribution in [3.63, 3.8) is 0 Å². The molecular formula is C44H69NO9. The van der Waals surface area contributed by atoms with Crippen LogP contribution in [0.3, 0.4) is 0 Å². The fourth-order valence-corrected chi connectivity index (χ4v) is 9.84. The first-order valence-electron chi connectivity index (χ1n) is 20.7. The molecule has 4 rings (SSSR count). The van der Waals surface area contributed by atoms with E-state index in [-0.39, 0.29) is 60.9 Å². The van der Waals surface area contributed by atoms with Crippen molar-refractivity contribution in [2.24, 2.45) is 47.3 Å². The van der Waals surface area contributed by atoms with E-state index in [1.165, 1.54) is 4.90 Å². The van der Waals surface area contributed by atoms with Crippen LogP contribution in [0.4, 0.5) is 0 Å². The Hall–Kier alpha value is -2.66. The Balaban J connectivity index is 1.75. The molecule has 0 radical (unpaired) electrons. The molecule has 4 aliphatic rings. The fourth-order valence-electron chi connectivity index (χ4n) is 9.84. The molecule has 0 aromatic heterocycles. The van der Waals surface area contributed by atoms with Crippen LogP contribution in [0.5, 0.6) is 0 Å². The smallest absolute Gasteiger partial charge is 0.329 e. The largest absolute Gasteiger partial charge is 0.456 e. The lowest BCUT2D eigenvalue weighted by Crippen LogP contribution is -2.62. The minimum Gasteiger partial charge on any atom is -0.456 e. The minimum absolute atomic E-state index is 0.0273. The maximum Gasteiger partial charge on any atom is 0.329 e. The Morgan fingerprint density at radius 2 is 1.61 bits per heavy atom. The number of piperidine rings is 1. The van der Waals surface area contributed by atoms with Crippen LogP contribution in [-0.2, 0) is 28.7 Å². The summed E-state index contributed by atoms with van der Waals surface area (Å²) in [6.45, 7) is 19.6. The summed E-state index contributed by atoms with van der Waals surface area (Å²) in [6.07, 6.45) is 8.76. The molecule has 1 saturated carbocycles. The molecule has 3 aliphatic heterocycles. The van der Waals surface area contributed by atoms with Crippen molar-refractivity contribution in [3.8, 4) is 0 Å². The highest BCUT2D eigenvalue weighted by atomic mass is 16.6. The zero-order valence-corrected chi connectivity index (χ0v) is 34.2. The van der Waals surface area contributed by atoms with Gasteiger partial charge >= 0.3 is 5.97 Å². The molecule has 0 aromatic carbocycles. The zero-order valence-electron chi connectivity index (χ0n) is 34.2. The monoisotopic (exact) mass is 755 g/mol. The van der Waals surface area contributed by atoms with Crippen LogP contribution in [0.15, 0.2) is 36.0 Å². The Morgan fingerprint density at radius 1 is 0.926 bits per heavy atom. The topological polar surface area (TPSA) is 151 Å². The molecule has 304 valence electrons. The molecule has 10 heteroatoms. The average Bonchev–Trinajstić information content (AvgIpc) is 3.11. The van der Waals surface area contributed by atoms with Gasteiger partial charge in [-0.1, -0.05) is 65.3 Å². The number of allylic oxidation sites excluding steroid dienone is 4. The predicted molar refractivity (Wildman–Crippen MR) is 208 cm³/mol. The summed E-state index contributed by atoms with van der Waals surface area (Å²) < 4.78 is 12.6. The van der Waals surface area contributed by atoms with E-state index in [0.717, 1.165) is 36.8 Å². The van der Waals surface area contributed by atoms with Crippen LogP contribution in [0.1, 0.15) is 126 Å². The Labute approximate surface area is 323 Å². The van der Waals surface area contributed by atoms with Gasteiger partial charge in [0, 0.05) is 30.7 Å². The normalized spacial score (nSPS) is 42.6. The van der Waals surface area contributed by atoms with Crippen molar-refractivity contribution >= 4 is 23.4 Å². The summed E-state index contributed by atoms with van der Waals surface area (Å²) in [7, 11) is 0. The molecule has 0 unspecified atom stereocenters. The fraction of sp³-hybridized carbons (Fsp3) is 0.773. The molecule has 10 nitrogen and oxygen atoms in total. The van der Waals surface area contributed by atoms with Crippen LogP contribution in [-0.4, -0.2) is 86.5 Å². The zero-order chi connectivity index (χ0) is 40.1. The maximum absolute atomic E-state index is 14.2. The standard InChI is InChI=1S/C44H69NO9/c1-10-13-34-20-26(3)18-25(2)19-28(5)39-29(6)21-31(8)44(52,54-39)41(49)42(50)45-17-12-11-14-35(45)43(51)53-40(32(9)37(47)24-38(34)48)30(7)23-33-15-16-36(46)27(4)22-33/h10,20,23,25,27-29,31-37,39-40,46-47,52H,1,11-19,21-22,24H2,2-9H3/b26-20+,30-23+/t25-,27+,28-,29-,31+,32+,33+,34+,35-,36+,37-,39+,40+,44+/m0/s1. The number of aliphatic hydroxyl groups excluding tert-OH is 2. The molecule has 2 bridgehead atoms. The van der Waals surface area contributed by atoms with Crippen molar-refractivity contribution in [2.45, 2.75) is 162 Å². The Morgan fingerprint density at radius 3 is 2.28 bits per heavy atom. The van der Waals surface area contributed by atoms with E-state index in [1.54, 1.807) is 19.9 Å². The molecule has 54 heavy (non-hydrogen) atoms. The van der Waals surface area contributed by atoms with Crippen LogP contribution in [0, 0.1) is 47.3 Å². The second-order valence-corrected chi connectivity index (χ2v) is 17.9. The average molecular weight is 756 g/mol. The number of hydrogen-bond donors (Lipinski definition) is 3. The number of Topliss-reactive ketones (excluding diaryl/α,β-unsaturated/α-hetero) is 2. The van der Waals surface area contributed by atoms with E-state index < -0.39 is 65.6 Å². The van der Waals surface area contributed by atoms with Crippen molar-refractivity contribution in [3.05, 3.63) is 36.0 Å². The summed E-state index contributed by atoms with van der Waals surface area (Å²) in [6, 6.07) is -1.07. The van der Waals surface area contributed by atoms with Gasteiger partial charge in [0.1, 0.15) is 17.9 Å². The number of cyclic esters (lactones) is 1. The van der Waals surface area contributed by atoms with Crippen LogP contribution >= 0.6 is 0 Å². The molecule has 2 saturated heterocycles. The van der Waals surface area contributed by atoms with E-state index in [4.69, 9.17) is 9.47 Å². The van der Waals surface area contributed by atoms with Gasteiger partial charge in [-0.25, -0.2) is 4.79 Å². The number of nitrogens with zero attached hydrogens (tertiary/aromatic N) is 1. The number of carbonyl (C=O) groups is 4. The van der Waals surface area contributed by atoms with Crippen molar-refractivity contribution in [1.82, 2.24) is 4.90 Å². The van der Waals surface area contributed by atoms with Gasteiger partial charge in [-0.05, 0) is 113 Å².